The summed E-state index contributed by atoms with van der Waals surface area (Å²) in [6, 6.07) is 3.91. The highest BCUT2D eigenvalue weighted by Gasteiger charge is 1.99. The van der Waals surface area contributed by atoms with Gasteiger partial charge in [0.1, 0.15) is 0 Å². The van der Waals surface area contributed by atoms with E-state index in [1.807, 2.05) is 42.6 Å². The Balaban J connectivity index is 2.74. The average molecular weight is 195 g/mol. The molecule has 2 nitrogen and oxygen atoms in total. The highest BCUT2D eigenvalue weighted by atomic mass is 32.1. The number of hydrogen-bond acceptors (Lipinski definition) is 3. The summed E-state index contributed by atoms with van der Waals surface area (Å²) in [5.74, 6) is 0. The average Bonchev–Trinajstić information content (AvgIpc) is 2.58. The lowest BCUT2D eigenvalue weighted by atomic mass is 10.2. The number of allylic oxidation sites excluding steroid dienone is 1. The summed E-state index contributed by atoms with van der Waals surface area (Å²) in [6.07, 6.45) is 2.86. The smallest absolute Gasteiger partial charge is 0.151 e. The molecule has 1 aromatic rings. The van der Waals surface area contributed by atoms with Gasteiger partial charge in [0.15, 0.2) is 6.29 Å². The van der Waals surface area contributed by atoms with Crippen LogP contribution in [0.2, 0.25) is 0 Å². The molecular formula is C10H13NOS. The zero-order chi connectivity index (χ0) is 9.68. The van der Waals surface area contributed by atoms with Gasteiger partial charge in [0.25, 0.3) is 0 Å². The maximum Gasteiger partial charge on any atom is 0.151 e. The summed E-state index contributed by atoms with van der Waals surface area (Å²) in [4.78, 5) is 13.8. The van der Waals surface area contributed by atoms with Crippen LogP contribution in [0.4, 0.5) is 0 Å². The lowest BCUT2D eigenvalue weighted by Gasteiger charge is -2.04. The summed E-state index contributed by atoms with van der Waals surface area (Å²) >= 11 is 1.59. The zero-order valence-corrected chi connectivity index (χ0v) is 8.67. The number of thiophene rings is 1. The van der Waals surface area contributed by atoms with Crippen molar-refractivity contribution >= 4 is 23.2 Å². The van der Waals surface area contributed by atoms with Gasteiger partial charge >= 0.3 is 0 Å². The Hall–Kier alpha value is -0.930. The zero-order valence-electron chi connectivity index (χ0n) is 7.86. The molecule has 0 fully saturated rings. The monoisotopic (exact) mass is 195 g/mol. The molecule has 0 aliphatic carbocycles. The molecule has 0 atom stereocenters. The molecule has 3 heteroatoms. The molecule has 1 aromatic heterocycles. The van der Waals surface area contributed by atoms with Crippen molar-refractivity contribution < 1.29 is 4.79 Å². The van der Waals surface area contributed by atoms with Crippen molar-refractivity contribution in [2.45, 2.75) is 0 Å². The van der Waals surface area contributed by atoms with Gasteiger partial charge in [-0.2, -0.15) is 0 Å². The molecule has 0 aliphatic heterocycles. The Bertz CT molecular complexity index is 288. The van der Waals surface area contributed by atoms with Crippen molar-refractivity contribution in [1.29, 1.82) is 0 Å². The van der Waals surface area contributed by atoms with E-state index in [4.69, 9.17) is 0 Å². The molecule has 0 bridgehead atoms. The normalized spacial score (nSPS) is 12.1. The van der Waals surface area contributed by atoms with E-state index in [9.17, 15) is 4.79 Å². The molecule has 0 radical (unpaired) electrons. The fraction of sp³-hybridized carbons (Fsp3) is 0.300. The Kier molecular flexibility index (Phi) is 3.86. The van der Waals surface area contributed by atoms with Crippen LogP contribution in [0.25, 0.3) is 5.57 Å². The topological polar surface area (TPSA) is 20.3 Å². The summed E-state index contributed by atoms with van der Waals surface area (Å²) < 4.78 is 0. The molecule has 70 valence electrons. The van der Waals surface area contributed by atoms with Crippen LogP contribution in [0.1, 0.15) is 4.88 Å². The van der Waals surface area contributed by atoms with E-state index in [-0.39, 0.29) is 0 Å². The fourth-order valence-electron chi connectivity index (χ4n) is 0.931. The second-order valence-electron chi connectivity index (χ2n) is 3.02. The first-order valence-corrected chi connectivity index (χ1v) is 4.96. The van der Waals surface area contributed by atoms with E-state index in [1.165, 1.54) is 0 Å². The van der Waals surface area contributed by atoms with E-state index < -0.39 is 0 Å². The lowest BCUT2D eigenvalue weighted by Crippen LogP contribution is -2.11. The minimum Gasteiger partial charge on any atom is -0.306 e. The first kappa shape index (κ1) is 10.2. The third-order valence-electron chi connectivity index (χ3n) is 1.61. The molecule has 1 rings (SSSR count). The molecule has 0 aliphatic rings. The van der Waals surface area contributed by atoms with Gasteiger partial charge in [-0.25, -0.2) is 0 Å². The van der Waals surface area contributed by atoms with Gasteiger partial charge < -0.3 is 4.90 Å². The van der Waals surface area contributed by atoms with Crippen molar-refractivity contribution in [2.75, 3.05) is 20.6 Å². The molecular weight excluding hydrogens is 182 g/mol. The van der Waals surface area contributed by atoms with Crippen molar-refractivity contribution in [2.24, 2.45) is 0 Å². The van der Waals surface area contributed by atoms with Crippen LogP contribution in [0.5, 0.6) is 0 Å². The number of aldehydes is 1. The molecule has 0 spiro atoms. The van der Waals surface area contributed by atoms with Crippen LogP contribution in [-0.2, 0) is 4.79 Å². The SMILES string of the molecule is CN(C)C/C=C(\C=O)c1cccs1. The number of hydrogen-bond donors (Lipinski definition) is 0. The van der Waals surface area contributed by atoms with E-state index in [1.54, 1.807) is 11.3 Å². The molecule has 0 N–H and O–H groups in total. The van der Waals surface area contributed by atoms with Crippen molar-refractivity contribution in [1.82, 2.24) is 4.90 Å². The van der Waals surface area contributed by atoms with Gasteiger partial charge in [-0.1, -0.05) is 12.1 Å². The second-order valence-corrected chi connectivity index (χ2v) is 3.96. The van der Waals surface area contributed by atoms with Gasteiger partial charge in [0.05, 0.1) is 0 Å². The van der Waals surface area contributed by atoms with Crippen LogP contribution >= 0.6 is 11.3 Å². The Morgan fingerprint density at radius 2 is 2.38 bits per heavy atom. The van der Waals surface area contributed by atoms with Crippen LogP contribution in [0, 0.1) is 0 Å². The van der Waals surface area contributed by atoms with Gasteiger partial charge in [-0.3, -0.25) is 4.79 Å². The van der Waals surface area contributed by atoms with Crippen LogP contribution in [0.15, 0.2) is 23.6 Å². The molecule has 0 unspecified atom stereocenters. The van der Waals surface area contributed by atoms with Crippen LogP contribution in [0.3, 0.4) is 0 Å². The van der Waals surface area contributed by atoms with Crippen LogP contribution in [-0.4, -0.2) is 31.8 Å². The number of likely N-dealkylation sites (N-methyl/N-ethyl adjacent to an activating group) is 1. The third-order valence-corrected chi connectivity index (χ3v) is 2.53. The highest BCUT2D eigenvalue weighted by Crippen LogP contribution is 2.17. The molecule has 0 saturated heterocycles. The van der Waals surface area contributed by atoms with E-state index in [2.05, 4.69) is 0 Å². The van der Waals surface area contributed by atoms with Gasteiger partial charge in [0.2, 0.25) is 0 Å². The van der Waals surface area contributed by atoms with Crippen molar-refractivity contribution in [3.8, 4) is 0 Å². The number of rotatable bonds is 4. The van der Waals surface area contributed by atoms with Gasteiger partial charge in [0, 0.05) is 17.0 Å². The van der Waals surface area contributed by atoms with E-state index in [0.717, 1.165) is 23.3 Å². The lowest BCUT2D eigenvalue weighted by molar-refractivity contribution is -0.103. The fourth-order valence-corrected chi connectivity index (χ4v) is 1.66. The Morgan fingerprint density at radius 3 is 2.85 bits per heavy atom. The van der Waals surface area contributed by atoms with Gasteiger partial charge in [-0.05, 0) is 25.5 Å². The van der Waals surface area contributed by atoms with Gasteiger partial charge in [-0.15, -0.1) is 11.3 Å². The minimum absolute atomic E-state index is 0.781. The predicted octanol–water partition coefficient (Wildman–Crippen LogP) is 1.89. The van der Waals surface area contributed by atoms with Crippen molar-refractivity contribution in [3.63, 3.8) is 0 Å². The first-order chi connectivity index (χ1) is 6.24. The predicted molar refractivity (Wildman–Crippen MR) is 56.9 cm³/mol. The maximum atomic E-state index is 10.7. The standard InChI is InChI=1S/C10H13NOS/c1-11(2)6-5-9(8-12)10-4-3-7-13-10/h3-5,7-8H,6H2,1-2H3/b9-5+. The first-order valence-electron chi connectivity index (χ1n) is 4.08. The second kappa shape index (κ2) is 4.94. The van der Waals surface area contributed by atoms with E-state index in [0.29, 0.717) is 0 Å². The molecule has 1 heterocycles. The minimum atomic E-state index is 0.781. The molecule has 13 heavy (non-hydrogen) atoms. The van der Waals surface area contributed by atoms with Crippen LogP contribution < -0.4 is 0 Å². The summed E-state index contributed by atoms with van der Waals surface area (Å²) in [5, 5.41) is 1.97. The largest absolute Gasteiger partial charge is 0.306 e. The summed E-state index contributed by atoms with van der Waals surface area (Å²) in [5.41, 5.74) is 0.781. The Labute approximate surface area is 82.5 Å². The molecule has 0 aromatic carbocycles. The third kappa shape index (κ3) is 3.13. The molecule has 0 amide bonds. The Morgan fingerprint density at radius 1 is 1.62 bits per heavy atom. The number of carbonyl (C=O) groups excluding carboxylic acids is 1. The summed E-state index contributed by atoms with van der Waals surface area (Å²) in [7, 11) is 3.96. The van der Waals surface area contributed by atoms with E-state index >= 15 is 0 Å². The quantitative estimate of drug-likeness (QED) is 0.540. The summed E-state index contributed by atoms with van der Waals surface area (Å²) in [6.45, 7) is 0.798. The number of nitrogens with zero attached hydrogens (tertiary/aromatic N) is 1. The maximum absolute atomic E-state index is 10.7. The number of carbonyl (C=O) groups is 1. The highest BCUT2D eigenvalue weighted by molar-refractivity contribution is 7.11. The molecule has 0 saturated carbocycles. The van der Waals surface area contributed by atoms with Crippen molar-refractivity contribution in [3.05, 3.63) is 28.5 Å².